The van der Waals surface area contributed by atoms with Crippen LogP contribution in [0, 0.1) is 19.8 Å². The quantitative estimate of drug-likeness (QED) is 0.195. The molecule has 2 aromatic rings. The first kappa shape index (κ1) is 23.6. The molecule has 0 amide bonds. The van der Waals surface area contributed by atoms with Crippen LogP contribution in [0.5, 0.6) is 0 Å². The fourth-order valence-electron chi connectivity index (χ4n) is 5.46. The van der Waals surface area contributed by atoms with Crippen LogP contribution in [0.3, 0.4) is 0 Å². The van der Waals surface area contributed by atoms with Crippen LogP contribution in [-0.2, 0) is 0 Å². The Kier molecular flexibility index (Phi) is 8.95. The molecule has 162 valence electrons. The second-order valence-corrected chi connectivity index (χ2v) is 20.6. The number of rotatable bonds is 13. The molecular formula is C26H42GeS2. The Hall–Kier alpha value is -0.0571. The minimum absolute atomic E-state index is 0.939. The van der Waals surface area contributed by atoms with Crippen LogP contribution in [0.1, 0.15) is 94.7 Å². The molecule has 0 aliphatic carbocycles. The topological polar surface area (TPSA) is 0 Å². The zero-order valence-electron chi connectivity index (χ0n) is 19.5. The average molecular weight is 491 g/mol. The van der Waals surface area contributed by atoms with E-state index in [-0.39, 0.29) is 0 Å². The Morgan fingerprint density at radius 1 is 0.759 bits per heavy atom. The van der Waals surface area contributed by atoms with Crippen molar-refractivity contribution in [1.82, 2.24) is 0 Å². The summed E-state index contributed by atoms with van der Waals surface area (Å²) in [6.07, 6.45) is 14.2. The number of hydrogen-bond acceptors (Lipinski definition) is 2. The molecule has 3 heterocycles. The first-order chi connectivity index (χ1) is 14.1. The molecule has 29 heavy (non-hydrogen) atoms. The summed E-state index contributed by atoms with van der Waals surface area (Å²) in [4.78, 5) is 6.50. The van der Waals surface area contributed by atoms with Gasteiger partial charge in [0.2, 0.25) is 0 Å². The third-order valence-corrected chi connectivity index (χ3v) is 21.3. The van der Waals surface area contributed by atoms with Crippen molar-refractivity contribution >= 4 is 44.7 Å². The summed E-state index contributed by atoms with van der Waals surface area (Å²) < 4.78 is 3.77. The first-order valence-corrected chi connectivity index (χ1v) is 19.0. The molecule has 1 unspecified atom stereocenters. The second kappa shape index (κ2) is 11.0. The van der Waals surface area contributed by atoms with Gasteiger partial charge in [-0.1, -0.05) is 0 Å². The predicted octanol–water partition coefficient (Wildman–Crippen LogP) is 8.55. The molecule has 2 aromatic heterocycles. The fourth-order valence-corrected chi connectivity index (χ4v) is 23.3. The van der Waals surface area contributed by atoms with Gasteiger partial charge in [-0.2, -0.15) is 0 Å². The Morgan fingerprint density at radius 2 is 1.31 bits per heavy atom. The molecule has 0 radical (unpaired) electrons. The van der Waals surface area contributed by atoms with Crippen molar-refractivity contribution in [2.75, 3.05) is 0 Å². The first-order valence-electron chi connectivity index (χ1n) is 12.3. The summed E-state index contributed by atoms with van der Waals surface area (Å²) >= 11 is 1.91. The maximum absolute atomic E-state index is 2.64. The molecule has 1 aliphatic rings. The molecule has 0 N–H and O–H groups in total. The predicted molar refractivity (Wildman–Crippen MR) is 138 cm³/mol. The minimum atomic E-state index is -2.28. The molecule has 0 saturated heterocycles. The van der Waals surface area contributed by atoms with E-state index in [1.807, 2.05) is 8.79 Å². The van der Waals surface area contributed by atoms with E-state index in [0.29, 0.717) is 0 Å². The van der Waals surface area contributed by atoms with E-state index in [2.05, 4.69) is 69.4 Å². The van der Waals surface area contributed by atoms with Crippen molar-refractivity contribution < 1.29 is 0 Å². The Morgan fingerprint density at radius 3 is 1.86 bits per heavy atom. The van der Waals surface area contributed by atoms with Gasteiger partial charge in [0, 0.05) is 0 Å². The number of thiophene rings is 2. The Bertz CT molecular complexity index is 724. The summed E-state index contributed by atoms with van der Waals surface area (Å²) in [5.41, 5.74) is 0. The van der Waals surface area contributed by atoms with Crippen LogP contribution in [0.2, 0.25) is 10.5 Å². The van der Waals surface area contributed by atoms with Crippen LogP contribution in [0.25, 0.3) is 9.75 Å². The van der Waals surface area contributed by atoms with E-state index in [9.17, 15) is 0 Å². The number of unbranched alkanes of at least 4 members (excludes halogenated alkanes) is 6. The number of hydrogen-bond donors (Lipinski definition) is 0. The second-order valence-electron chi connectivity index (χ2n) is 9.42. The van der Waals surface area contributed by atoms with Gasteiger partial charge in [-0.05, 0) is 0 Å². The summed E-state index contributed by atoms with van der Waals surface area (Å²) in [6, 6.07) is 5.29. The van der Waals surface area contributed by atoms with Crippen molar-refractivity contribution in [2.45, 2.75) is 109 Å². The molecule has 0 saturated carbocycles. The molecule has 0 spiro atoms. The van der Waals surface area contributed by atoms with Gasteiger partial charge < -0.3 is 0 Å². The number of aryl methyl sites for hydroxylation is 2. The van der Waals surface area contributed by atoms with Gasteiger partial charge in [0.1, 0.15) is 0 Å². The molecule has 1 aliphatic heterocycles. The summed E-state index contributed by atoms with van der Waals surface area (Å²) in [7, 11) is 0. The van der Waals surface area contributed by atoms with Gasteiger partial charge in [0.15, 0.2) is 0 Å². The average Bonchev–Trinajstić information content (AvgIpc) is 3.34. The van der Waals surface area contributed by atoms with Crippen molar-refractivity contribution in [3.63, 3.8) is 0 Å². The fraction of sp³-hybridized carbons (Fsp3) is 0.692. The molecular weight excluding hydrogens is 449 g/mol. The number of fused-ring (bicyclic) bond motifs is 3. The van der Waals surface area contributed by atoms with Crippen molar-refractivity contribution in [3.8, 4) is 9.75 Å². The molecule has 0 nitrogen and oxygen atoms in total. The normalized spacial score (nSPS) is 15.5. The zero-order chi connectivity index (χ0) is 20.9. The Balaban J connectivity index is 1.89. The molecule has 0 aromatic carbocycles. The standard InChI is InChI=1S/C26H42GeS2/c1-6-9-11-12-13-14-16-27(19-22(8-3)15-10-7-2)23-17-20(4)28-25(23)26-24(27)18-21(5)29-26/h17-18,22H,6-16,19H2,1-5H3. The molecule has 0 fully saturated rings. The maximum atomic E-state index is 2.64. The summed E-state index contributed by atoms with van der Waals surface area (Å²) in [5, 5.41) is 3.10. The third kappa shape index (κ3) is 5.23. The van der Waals surface area contributed by atoms with Gasteiger partial charge in [0.25, 0.3) is 0 Å². The summed E-state index contributed by atoms with van der Waals surface area (Å²) in [5.74, 6) is 0.939. The van der Waals surface area contributed by atoms with Crippen molar-refractivity contribution in [1.29, 1.82) is 0 Å². The molecule has 3 heteroatoms. The van der Waals surface area contributed by atoms with Gasteiger partial charge in [0.05, 0.1) is 0 Å². The van der Waals surface area contributed by atoms with Crippen molar-refractivity contribution in [2.24, 2.45) is 5.92 Å². The van der Waals surface area contributed by atoms with Gasteiger partial charge in [-0.15, -0.1) is 0 Å². The SMILES string of the molecule is CCCCCCC[CH2][Ge]1([CH2]C(CC)CCCC)[c]2cc(C)sc2-c2sc(C)c[c]21. The van der Waals surface area contributed by atoms with E-state index >= 15 is 0 Å². The van der Waals surface area contributed by atoms with Crippen molar-refractivity contribution in [3.05, 3.63) is 21.9 Å². The van der Waals surface area contributed by atoms with E-state index in [1.54, 1.807) is 30.0 Å². The van der Waals surface area contributed by atoms with Gasteiger partial charge in [-0.25, -0.2) is 0 Å². The van der Waals surface area contributed by atoms with Crippen LogP contribution in [0.15, 0.2) is 12.1 Å². The van der Waals surface area contributed by atoms with Gasteiger partial charge in [-0.3, -0.25) is 0 Å². The molecule has 3 rings (SSSR count). The molecule has 0 bridgehead atoms. The van der Waals surface area contributed by atoms with Crippen LogP contribution in [-0.4, -0.2) is 13.3 Å². The van der Waals surface area contributed by atoms with E-state index in [4.69, 9.17) is 0 Å². The van der Waals surface area contributed by atoms with Gasteiger partial charge >= 0.3 is 192 Å². The van der Waals surface area contributed by atoms with Crippen LogP contribution < -0.4 is 8.79 Å². The Labute approximate surface area is 190 Å². The van der Waals surface area contributed by atoms with E-state index in [1.165, 1.54) is 64.2 Å². The van der Waals surface area contributed by atoms with Crippen LogP contribution in [0.4, 0.5) is 0 Å². The zero-order valence-corrected chi connectivity index (χ0v) is 23.3. The summed E-state index contributed by atoms with van der Waals surface area (Å²) in [6.45, 7) is 11.8. The van der Waals surface area contributed by atoms with Crippen LogP contribution >= 0.6 is 22.7 Å². The molecule has 1 atom stereocenters. The van der Waals surface area contributed by atoms with E-state index in [0.717, 1.165) is 5.92 Å². The van der Waals surface area contributed by atoms with E-state index < -0.39 is 13.3 Å². The third-order valence-electron chi connectivity index (χ3n) is 7.09. The monoisotopic (exact) mass is 492 g/mol.